The SMILES string of the molecule is O=C1NC2(Cc3ccccc3C2)C(=O)N1Cc1ccccc1Cl. The standard InChI is InChI=1S/C18H15ClN2O2/c19-15-8-4-3-7-14(15)11-21-16(22)18(20-17(21)23)9-12-5-1-2-6-13(12)10-18/h1-8H,9-11H2,(H,20,23). The number of fused-ring (bicyclic) bond motifs is 1. The molecule has 1 fully saturated rings. The van der Waals surface area contributed by atoms with Crippen molar-refractivity contribution in [3.63, 3.8) is 0 Å². The molecule has 0 bridgehead atoms. The van der Waals surface area contributed by atoms with Gasteiger partial charge in [0.1, 0.15) is 5.54 Å². The van der Waals surface area contributed by atoms with E-state index in [4.69, 9.17) is 11.6 Å². The van der Waals surface area contributed by atoms with Crippen LogP contribution in [0.15, 0.2) is 48.5 Å². The summed E-state index contributed by atoms with van der Waals surface area (Å²) < 4.78 is 0. The number of hydrogen-bond acceptors (Lipinski definition) is 2. The first-order valence-corrected chi connectivity index (χ1v) is 7.91. The Morgan fingerprint density at radius 1 is 1.00 bits per heavy atom. The highest BCUT2D eigenvalue weighted by atomic mass is 35.5. The molecule has 2 aromatic rings. The number of imide groups is 1. The Morgan fingerprint density at radius 2 is 1.61 bits per heavy atom. The molecule has 0 aromatic heterocycles. The third-order valence-electron chi connectivity index (χ3n) is 4.64. The second kappa shape index (κ2) is 5.10. The minimum absolute atomic E-state index is 0.168. The number of amides is 3. The maximum absolute atomic E-state index is 12.9. The first-order valence-electron chi connectivity index (χ1n) is 7.53. The Labute approximate surface area is 139 Å². The Balaban J connectivity index is 1.62. The van der Waals surface area contributed by atoms with Gasteiger partial charge < -0.3 is 5.32 Å². The van der Waals surface area contributed by atoms with E-state index in [-0.39, 0.29) is 18.5 Å². The number of nitrogens with zero attached hydrogens (tertiary/aromatic N) is 1. The average Bonchev–Trinajstić information content (AvgIpc) is 3.01. The molecule has 1 heterocycles. The summed E-state index contributed by atoms with van der Waals surface area (Å²) in [5, 5.41) is 3.47. The minimum atomic E-state index is -0.831. The molecule has 1 N–H and O–H groups in total. The zero-order valence-corrected chi connectivity index (χ0v) is 13.1. The van der Waals surface area contributed by atoms with Gasteiger partial charge in [-0.1, -0.05) is 54.1 Å². The number of benzene rings is 2. The minimum Gasteiger partial charge on any atom is -0.322 e. The smallest absolute Gasteiger partial charge is 0.322 e. The van der Waals surface area contributed by atoms with E-state index in [0.717, 1.165) is 16.7 Å². The third-order valence-corrected chi connectivity index (χ3v) is 5.00. The predicted molar refractivity (Wildman–Crippen MR) is 87.1 cm³/mol. The summed E-state index contributed by atoms with van der Waals surface area (Å²) in [7, 11) is 0. The molecular weight excluding hydrogens is 312 g/mol. The van der Waals surface area contributed by atoms with E-state index in [1.807, 2.05) is 42.5 Å². The van der Waals surface area contributed by atoms with Crippen molar-refractivity contribution in [2.75, 3.05) is 0 Å². The Bertz CT molecular complexity index is 793. The van der Waals surface area contributed by atoms with Crippen LogP contribution in [0.25, 0.3) is 0 Å². The lowest BCUT2D eigenvalue weighted by atomic mass is 9.96. The number of carbonyl (C=O) groups is 2. The Hall–Kier alpha value is -2.33. The van der Waals surface area contributed by atoms with Gasteiger partial charge in [0, 0.05) is 17.9 Å². The highest BCUT2D eigenvalue weighted by Gasteiger charge is 2.53. The van der Waals surface area contributed by atoms with Crippen LogP contribution in [0.4, 0.5) is 4.79 Å². The number of hydrogen-bond donors (Lipinski definition) is 1. The van der Waals surface area contributed by atoms with Crippen LogP contribution in [-0.4, -0.2) is 22.4 Å². The second-order valence-corrected chi connectivity index (χ2v) is 6.52. The topological polar surface area (TPSA) is 49.4 Å². The summed E-state index contributed by atoms with van der Waals surface area (Å²) in [6.45, 7) is 0.197. The highest BCUT2D eigenvalue weighted by Crippen LogP contribution is 2.35. The predicted octanol–water partition coefficient (Wildman–Crippen LogP) is 2.93. The third kappa shape index (κ3) is 2.21. The van der Waals surface area contributed by atoms with Crippen LogP contribution in [0, 0.1) is 0 Å². The average molecular weight is 327 g/mol. The van der Waals surface area contributed by atoms with Gasteiger partial charge in [0.05, 0.1) is 6.54 Å². The van der Waals surface area contributed by atoms with Gasteiger partial charge in [-0.15, -0.1) is 0 Å². The van der Waals surface area contributed by atoms with Gasteiger partial charge in [-0.2, -0.15) is 0 Å². The van der Waals surface area contributed by atoms with E-state index in [9.17, 15) is 9.59 Å². The normalized spacial score (nSPS) is 18.4. The number of urea groups is 1. The van der Waals surface area contributed by atoms with Crippen LogP contribution < -0.4 is 5.32 Å². The molecule has 1 aliphatic heterocycles. The van der Waals surface area contributed by atoms with Crippen molar-refractivity contribution < 1.29 is 9.59 Å². The molecule has 3 amide bonds. The molecule has 2 aromatic carbocycles. The zero-order chi connectivity index (χ0) is 16.0. The van der Waals surface area contributed by atoms with E-state index in [1.54, 1.807) is 6.07 Å². The summed E-state index contributed by atoms with van der Waals surface area (Å²) in [5.74, 6) is -0.168. The van der Waals surface area contributed by atoms with Crippen molar-refractivity contribution >= 4 is 23.5 Å². The molecule has 2 aliphatic rings. The highest BCUT2D eigenvalue weighted by molar-refractivity contribution is 6.31. The van der Waals surface area contributed by atoms with Crippen LogP contribution in [-0.2, 0) is 24.2 Å². The van der Waals surface area contributed by atoms with E-state index in [1.165, 1.54) is 4.90 Å². The van der Waals surface area contributed by atoms with Crippen molar-refractivity contribution in [1.29, 1.82) is 0 Å². The summed E-state index contributed by atoms with van der Waals surface area (Å²) in [6.07, 6.45) is 1.10. The molecule has 0 unspecified atom stereocenters. The molecule has 5 heteroatoms. The van der Waals surface area contributed by atoms with Crippen molar-refractivity contribution in [2.24, 2.45) is 0 Å². The zero-order valence-electron chi connectivity index (χ0n) is 12.4. The fourth-order valence-electron chi connectivity index (χ4n) is 3.47. The van der Waals surface area contributed by atoms with E-state index < -0.39 is 5.54 Å². The van der Waals surface area contributed by atoms with Crippen molar-refractivity contribution in [3.8, 4) is 0 Å². The van der Waals surface area contributed by atoms with Crippen LogP contribution in [0.5, 0.6) is 0 Å². The molecule has 1 aliphatic carbocycles. The molecular formula is C18H15ClN2O2. The molecule has 0 radical (unpaired) electrons. The van der Waals surface area contributed by atoms with Gasteiger partial charge in [-0.3, -0.25) is 9.69 Å². The molecule has 116 valence electrons. The summed E-state index contributed by atoms with van der Waals surface area (Å²) >= 11 is 6.15. The van der Waals surface area contributed by atoms with Crippen molar-refractivity contribution in [1.82, 2.24) is 10.2 Å². The lowest BCUT2D eigenvalue weighted by Crippen LogP contribution is -2.47. The Kier molecular flexibility index (Phi) is 3.16. The number of rotatable bonds is 2. The monoisotopic (exact) mass is 326 g/mol. The first kappa shape index (κ1) is 14.3. The largest absolute Gasteiger partial charge is 0.325 e. The van der Waals surface area contributed by atoms with Crippen LogP contribution >= 0.6 is 11.6 Å². The molecule has 23 heavy (non-hydrogen) atoms. The fourth-order valence-corrected chi connectivity index (χ4v) is 3.67. The molecule has 4 rings (SSSR count). The molecule has 1 spiro atoms. The molecule has 0 saturated carbocycles. The molecule has 0 atom stereocenters. The van der Waals surface area contributed by atoms with E-state index in [0.29, 0.717) is 17.9 Å². The quantitative estimate of drug-likeness (QED) is 0.863. The van der Waals surface area contributed by atoms with Gasteiger partial charge in [0.25, 0.3) is 5.91 Å². The second-order valence-electron chi connectivity index (χ2n) is 6.12. The maximum Gasteiger partial charge on any atom is 0.325 e. The van der Waals surface area contributed by atoms with Crippen LogP contribution in [0.3, 0.4) is 0 Å². The van der Waals surface area contributed by atoms with E-state index >= 15 is 0 Å². The lowest BCUT2D eigenvalue weighted by Gasteiger charge is -2.20. The summed E-state index contributed by atoms with van der Waals surface area (Å²) in [4.78, 5) is 26.6. The number of halogens is 1. The van der Waals surface area contributed by atoms with Gasteiger partial charge in [-0.05, 0) is 22.8 Å². The molecule has 4 nitrogen and oxygen atoms in total. The van der Waals surface area contributed by atoms with E-state index in [2.05, 4.69) is 5.32 Å². The number of carbonyl (C=O) groups excluding carboxylic acids is 2. The van der Waals surface area contributed by atoms with Crippen molar-refractivity contribution in [3.05, 3.63) is 70.2 Å². The summed E-state index contributed by atoms with van der Waals surface area (Å²) in [6, 6.07) is 14.9. The number of nitrogens with one attached hydrogen (secondary N) is 1. The first-order chi connectivity index (χ1) is 11.1. The van der Waals surface area contributed by atoms with Gasteiger partial charge in [0.15, 0.2) is 0 Å². The lowest BCUT2D eigenvalue weighted by molar-refractivity contribution is -0.131. The maximum atomic E-state index is 12.9. The Morgan fingerprint density at radius 3 is 2.26 bits per heavy atom. The van der Waals surface area contributed by atoms with Gasteiger partial charge in [-0.25, -0.2) is 4.79 Å². The van der Waals surface area contributed by atoms with Gasteiger partial charge >= 0.3 is 6.03 Å². The molecule has 1 saturated heterocycles. The van der Waals surface area contributed by atoms with Crippen molar-refractivity contribution in [2.45, 2.75) is 24.9 Å². The van der Waals surface area contributed by atoms with Crippen LogP contribution in [0.1, 0.15) is 16.7 Å². The fraction of sp³-hybridized carbons (Fsp3) is 0.222. The summed E-state index contributed by atoms with van der Waals surface area (Å²) in [5.41, 5.74) is 2.19. The van der Waals surface area contributed by atoms with Crippen LogP contribution in [0.2, 0.25) is 5.02 Å². The van der Waals surface area contributed by atoms with Gasteiger partial charge in [0.2, 0.25) is 0 Å².